The van der Waals surface area contributed by atoms with Gasteiger partial charge in [0.25, 0.3) is 0 Å². The monoisotopic (exact) mass is 159 g/mol. The third-order valence-corrected chi connectivity index (χ3v) is 1.28. The molecule has 0 aliphatic rings. The first kappa shape index (κ1) is 9.59. The molecular weight excluding hydrogens is 146 g/mol. The first-order valence-corrected chi connectivity index (χ1v) is 4.17. The lowest BCUT2D eigenvalue weighted by Gasteiger charge is -1.86. The van der Waals surface area contributed by atoms with Crippen LogP contribution in [0, 0.1) is 0 Å². The molecule has 0 spiro atoms. The summed E-state index contributed by atoms with van der Waals surface area (Å²) >= 11 is 1.46. The summed E-state index contributed by atoms with van der Waals surface area (Å²) in [4.78, 5) is 0. The molecule has 0 fully saturated rings. The predicted octanol–water partition coefficient (Wildman–Crippen LogP) is 2.19. The first-order valence-electron chi connectivity index (χ1n) is 3.33. The highest BCUT2D eigenvalue weighted by atomic mass is 32.1. The zero-order valence-electron chi connectivity index (χ0n) is 6.41. The van der Waals surface area contributed by atoms with Crippen LogP contribution in [0.3, 0.4) is 0 Å². The summed E-state index contributed by atoms with van der Waals surface area (Å²) in [6.45, 7) is 5.67. The molecule has 0 aliphatic carbocycles. The van der Waals surface area contributed by atoms with Gasteiger partial charge in [-0.15, -0.1) is 0 Å². The van der Waals surface area contributed by atoms with Gasteiger partial charge in [0.1, 0.15) is 0 Å². The van der Waals surface area contributed by atoms with Gasteiger partial charge in [-0.1, -0.05) is 0 Å². The van der Waals surface area contributed by atoms with Gasteiger partial charge in [0, 0.05) is 24.8 Å². The number of ether oxygens (including phenoxy) is 1. The van der Waals surface area contributed by atoms with Gasteiger partial charge in [0.15, 0.2) is 0 Å². The largest absolute Gasteiger partial charge is 0.382 e. The summed E-state index contributed by atoms with van der Waals surface area (Å²) in [5, 5.41) is 1.93. The molecule has 3 heteroatoms. The molecule has 0 aromatic carbocycles. The molecule has 1 heterocycles. The van der Waals surface area contributed by atoms with Gasteiger partial charge in [0.2, 0.25) is 0 Å². The molecule has 0 radical (unpaired) electrons. The van der Waals surface area contributed by atoms with Crippen molar-refractivity contribution in [2.24, 2.45) is 0 Å². The molecule has 58 valence electrons. The fraction of sp³-hybridized carbons (Fsp3) is 0.571. The molecule has 1 rings (SSSR count). The van der Waals surface area contributed by atoms with Gasteiger partial charge >= 0.3 is 0 Å². The SMILES string of the molecule is CCOCC.c1cnsc1. The summed E-state index contributed by atoms with van der Waals surface area (Å²) in [6.07, 6.45) is 1.77. The zero-order valence-corrected chi connectivity index (χ0v) is 7.23. The van der Waals surface area contributed by atoms with Crippen LogP contribution in [-0.4, -0.2) is 17.6 Å². The van der Waals surface area contributed by atoms with Crippen LogP contribution >= 0.6 is 11.5 Å². The van der Waals surface area contributed by atoms with Crippen molar-refractivity contribution in [1.82, 2.24) is 4.37 Å². The number of hydrogen-bond donors (Lipinski definition) is 0. The molecule has 0 amide bonds. The van der Waals surface area contributed by atoms with Gasteiger partial charge < -0.3 is 4.74 Å². The molecule has 10 heavy (non-hydrogen) atoms. The van der Waals surface area contributed by atoms with Gasteiger partial charge in [-0.25, -0.2) is 4.37 Å². The highest BCUT2D eigenvalue weighted by Crippen LogP contribution is 1.83. The molecule has 0 saturated carbocycles. The summed E-state index contributed by atoms with van der Waals surface area (Å²) in [7, 11) is 0. The minimum Gasteiger partial charge on any atom is -0.382 e. The number of hydrogen-bond acceptors (Lipinski definition) is 3. The van der Waals surface area contributed by atoms with Crippen LogP contribution in [0.5, 0.6) is 0 Å². The Hall–Kier alpha value is -0.410. The van der Waals surface area contributed by atoms with Crippen molar-refractivity contribution in [3.63, 3.8) is 0 Å². The summed E-state index contributed by atoms with van der Waals surface area (Å²) < 4.78 is 8.60. The molecule has 0 N–H and O–H groups in total. The van der Waals surface area contributed by atoms with Crippen LogP contribution in [0.4, 0.5) is 0 Å². The van der Waals surface area contributed by atoms with E-state index in [2.05, 4.69) is 4.37 Å². The second kappa shape index (κ2) is 8.59. The quantitative estimate of drug-likeness (QED) is 0.660. The number of rotatable bonds is 2. The van der Waals surface area contributed by atoms with E-state index in [9.17, 15) is 0 Å². The van der Waals surface area contributed by atoms with Gasteiger partial charge in [0.05, 0.1) is 0 Å². The number of nitrogens with zero attached hydrogens (tertiary/aromatic N) is 1. The Morgan fingerprint density at radius 2 is 2.10 bits per heavy atom. The predicted molar refractivity (Wildman–Crippen MR) is 44.3 cm³/mol. The Balaban J connectivity index is 0.000000162. The van der Waals surface area contributed by atoms with Crippen LogP contribution in [0.15, 0.2) is 17.6 Å². The lowest BCUT2D eigenvalue weighted by Crippen LogP contribution is -1.84. The first-order chi connectivity index (χ1) is 4.91. The summed E-state index contributed by atoms with van der Waals surface area (Å²) in [5.41, 5.74) is 0. The standard InChI is InChI=1S/C4H10O.C3H3NS/c1-3-5-4-2;1-2-4-5-3-1/h3-4H2,1-2H3;1-3H. The minimum atomic E-state index is 0.844. The number of aromatic nitrogens is 1. The van der Waals surface area contributed by atoms with Crippen molar-refractivity contribution in [3.05, 3.63) is 17.6 Å². The maximum absolute atomic E-state index is 4.83. The van der Waals surface area contributed by atoms with E-state index in [1.807, 2.05) is 25.3 Å². The highest BCUT2D eigenvalue weighted by Gasteiger charge is 1.64. The molecule has 1 aromatic heterocycles. The molecule has 0 atom stereocenters. The van der Waals surface area contributed by atoms with Crippen molar-refractivity contribution < 1.29 is 4.74 Å². The molecule has 1 aromatic rings. The molecule has 0 saturated heterocycles. The molecule has 0 bridgehead atoms. The van der Waals surface area contributed by atoms with Crippen molar-refractivity contribution >= 4 is 11.5 Å². The van der Waals surface area contributed by atoms with Crippen molar-refractivity contribution in [3.8, 4) is 0 Å². The fourth-order valence-electron chi connectivity index (χ4n) is 0.380. The van der Waals surface area contributed by atoms with Crippen LogP contribution in [0.25, 0.3) is 0 Å². The maximum Gasteiger partial charge on any atom is 0.0437 e. The lowest BCUT2D eigenvalue weighted by molar-refractivity contribution is 0.162. The molecular formula is C7H13NOS. The van der Waals surface area contributed by atoms with E-state index in [0.29, 0.717) is 0 Å². The topological polar surface area (TPSA) is 22.1 Å². The van der Waals surface area contributed by atoms with Crippen molar-refractivity contribution in [2.75, 3.05) is 13.2 Å². The Morgan fingerprint density at radius 1 is 1.40 bits per heavy atom. The third-order valence-electron chi connectivity index (χ3n) is 0.755. The van der Waals surface area contributed by atoms with Crippen LogP contribution in [0.2, 0.25) is 0 Å². The molecule has 2 nitrogen and oxygen atoms in total. The van der Waals surface area contributed by atoms with E-state index in [1.165, 1.54) is 11.5 Å². The highest BCUT2D eigenvalue weighted by molar-refractivity contribution is 7.03. The summed E-state index contributed by atoms with van der Waals surface area (Å²) in [6, 6.07) is 1.91. The van der Waals surface area contributed by atoms with E-state index in [-0.39, 0.29) is 0 Å². The van der Waals surface area contributed by atoms with Crippen molar-refractivity contribution in [1.29, 1.82) is 0 Å². The normalized spacial score (nSPS) is 8.20. The average molecular weight is 159 g/mol. The lowest BCUT2D eigenvalue weighted by atomic mass is 10.8. The van der Waals surface area contributed by atoms with Crippen molar-refractivity contribution in [2.45, 2.75) is 13.8 Å². The second-order valence-corrected chi connectivity index (χ2v) is 2.16. The summed E-state index contributed by atoms with van der Waals surface area (Å²) in [5.74, 6) is 0. The zero-order chi connectivity index (χ0) is 7.66. The Kier molecular flexibility index (Phi) is 8.24. The van der Waals surface area contributed by atoms with E-state index < -0.39 is 0 Å². The molecule has 0 aliphatic heterocycles. The maximum atomic E-state index is 4.83. The fourth-order valence-corrected chi connectivity index (χ4v) is 0.731. The Labute approximate surface area is 66.0 Å². The van der Waals surface area contributed by atoms with E-state index in [1.54, 1.807) is 6.20 Å². The van der Waals surface area contributed by atoms with Gasteiger partial charge in [-0.2, -0.15) is 0 Å². The van der Waals surface area contributed by atoms with Gasteiger partial charge in [-0.3, -0.25) is 0 Å². The Bertz CT molecular complexity index is 99.9. The van der Waals surface area contributed by atoms with Crippen LogP contribution in [-0.2, 0) is 4.74 Å². The molecule has 0 unspecified atom stereocenters. The Morgan fingerprint density at radius 3 is 2.20 bits per heavy atom. The second-order valence-electron chi connectivity index (χ2n) is 1.47. The van der Waals surface area contributed by atoms with E-state index in [4.69, 9.17) is 4.74 Å². The van der Waals surface area contributed by atoms with Crippen LogP contribution in [0.1, 0.15) is 13.8 Å². The van der Waals surface area contributed by atoms with Gasteiger partial charge in [-0.05, 0) is 31.4 Å². The smallest absolute Gasteiger partial charge is 0.0437 e. The average Bonchev–Trinajstić information content (AvgIpc) is 2.44. The van der Waals surface area contributed by atoms with Crippen LogP contribution < -0.4 is 0 Å². The van der Waals surface area contributed by atoms with E-state index >= 15 is 0 Å². The van der Waals surface area contributed by atoms with E-state index in [0.717, 1.165) is 13.2 Å². The minimum absolute atomic E-state index is 0.844. The third kappa shape index (κ3) is 7.59.